The number of pyridine rings is 1. The van der Waals surface area contributed by atoms with Crippen LogP contribution in [-0.4, -0.2) is 52.2 Å². The molecule has 0 N–H and O–H groups in total. The Hall–Kier alpha value is -2.06. The summed E-state index contributed by atoms with van der Waals surface area (Å²) in [6.07, 6.45) is 2.41. The van der Waals surface area contributed by atoms with Gasteiger partial charge in [-0.15, -0.1) is 11.3 Å². The first-order valence-electron chi connectivity index (χ1n) is 7.82. The highest BCUT2D eigenvalue weighted by Crippen LogP contribution is 2.33. The Morgan fingerprint density at radius 3 is 3.12 bits per heavy atom. The second-order valence-electron chi connectivity index (χ2n) is 5.80. The van der Waals surface area contributed by atoms with Crippen LogP contribution in [0.4, 0.5) is 4.39 Å². The predicted molar refractivity (Wildman–Crippen MR) is 84.5 cm³/mol. The molecular weight excluding hydrogens is 333 g/mol. The Morgan fingerprint density at radius 2 is 2.33 bits per heavy atom. The predicted octanol–water partition coefficient (Wildman–Crippen LogP) is 2.13. The number of thiazole rings is 1. The van der Waals surface area contributed by atoms with Crippen molar-refractivity contribution in [2.24, 2.45) is 0 Å². The number of aromatic nitrogens is 2. The minimum atomic E-state index is -0.515. The van der Waals surface area contributed by atoms with Crippen LogP contribution in [-0.2, 0) is 4.74 Å². The molecule has 4 rings (SSSR count). The summed E-state index contributed by atoms with van der Waals surface area (Å²) in [5.74, 6) is -0.702. The number of fused-ring (bicyclic) bond motifs is 2. The largest absolute Gasteiger partial charge is 0.467 e. The molecule has 2 fully saturated rings. The molecule has 6 nitrogen and oxygen atoms in total. The molecule has 8 heteroatoms. The molecule has 0 spiro atoms. The molecule has 1 aliphatic heterocycles. The summed E-state index contributed by atoms with van der Waals surface area (Å²) in [6, 6.07) is 2.64. The lowest BCUT2D eigenvalue weighted by Crippen LogP contribution is -2.48. The van der Waals surface area contributed by atoms with Crippen molar-refractivity contribution in [2.45, 2.75) is 31.1 Å². The number of carbonyl (C=O) groups excluding carboxylic acids is 1. The molecule has 24 heavy (non-hydrogen) atoms. The van der Waals surface area contributed by atoms with Crippen LogP contribution in [0, 0.1) is 5.82 Å². The third kappa shape index (κ3) is 2.76. The molecule has 0 aromatic carbocycles. The van der Waals surface area contributed by atoms with E-state index in [2.05, 4.69) is 9.97 Å². The molecule has 1 amide bonds. The van der Waals surface area contributed by atoms with E-state index in [1.54, 1.807) is 15.8 Å². The van der Waals surface area contributed by atoms with Crippen LogP contribution >= 0.6 is 11.3 Å². The van der Waals surface area contributed by atoms with Crippen molar-refractivity contribution >= 4 is 17.2 Å². The smallest absolute Gasteiger partial charge is 0.273 e. The van der Waals surface area contributed by atoms with Crippen LogP contribution in [0.25, 0.3) is 0 Å². The van der Waals surface area contributed by atoms with E-state index in [-0.39, 0.29) is 23.9 Å². The summed E-state index contributed by atoms with van der Waals surface area (Å²) in [5.41, 5.74) is 2.06. The minimum absolute atomic E-state index is 0.0500. The maximum atomic E-state index is 13.9. The number of carbonyl (C=O) groups is 1. The van der Waals surface area contributed by atoms with Crippen molar-refractivity contribution in [3.05, 3.63) is 40.7 Å². The van der Waals surface area contributed by atoms with E-state index in [9.17, 15) is 9.18 Å². The van der Waals surface area contributed by atoms with Gasteiger partial charge in [0.2, 0.25) is 0 Å². The molecule has 2 aromatic heterocycles. The third-order valence-corrected chi connectivity index (χ3v) is 5.03. The molecule has 2 aromatic rings. The van der Waals surface area contributed by atoms with Crippen molar-refractivity contribution < 1.29 is 18.7 Å². The van der Waals surface area contributed by atoms with Gasteiger partial charge in [-0.25, -0.2) is 14.4 Å². The van der Waals surface area contributed by atoms with E-state index >= 15 is 0 Å². The average molecular weight is 349 g/mol. The molecular formula is C16H16FN3O3S. The number of ether oxygens (including phenoxy) is 2. The highest BCUT2D eigenvalue weighted by atomic mass is 32.1. The SMILES string of the molecule is O=C(c1cscn1)N1CCOC2CCC1C2Oc1ncccc1F. The van der Waals surface area contributed by atoms with Gasteiger partial charge in [0.05, 0.1) is 24.3 Å². The average Bonchev–Trinajstić information content (AvgIpc) is 3.18. The fraction of sp³-hybridized carbons (Fsp3) is 0.438. The highest BCUT2D eigenvalue weighted by molar-refractivity contribution is 7.07. The van der Waals surface area contributed by atoms with Gasteiger partial charge in [0, 0.05) is 18.1 Å². The van der Waals surface area contributed by atoms with Crippen molar-refractivity contribution in [2.75, 3.05) is 13.2 Å². The zero-order valence-electron chi connectivity index (χ0n) is 12.8. The van der Waals surface area contributed by atoms with Gasteiger partial charge in [-0.05, 0) is 25.0 Å². The van der Waals surface area contributed by atoms with Crippen molar-refractivity contribution in [3.63, 3.8) is 0 Å². The molecule has 3 atom stereocenters. The van der Waals surface area contributed by atoms with Crippen LogP contribution in [0.3, 0.4) is 0 Å². The molecule has 1 saturated carbocycles. The summed E-state index contributed by atoms with van der Waals surface area (Å²) in [6.45, 7) is 0.906. The van der Waals surface area contributed by atoms with Gasteiger partial charge in [0.1, 0.15) is 11.8 Å². The number of nitrogens with zero attached hydrogens (tertiary/aromatic N) is 3. The fourth-order valence-electron chi connectivity index (χ4n) is 3.35. The molecule has 126 valence electrons. The summed E-state index contributed by atoms with van der Waals surface area (Å²) >= 11 is 1.38. The van der Waals surface area contributed by atoms with E-state index in [0.717, 1.165) is 12.8 Å². The topological polar surface area (TPSA) is 64.6 Å². The first-order valence-corrected chi connectivity index (χ1v) is 8.76. The van der Waals surface area contributed by atoms with Crippen LogP contribution in [0.1, 0.15) is 23.3 Å². The van der Waals surface area contributed by atoms with Gasteiger partial charge in [0.25, 0.3) is 11.8 Å². The first-order chi connectivity index (χ1) is 11.7. The summed E-state index contributed by atoms with van der Waals surface area (Å²) in [5, 5.41) is 1.73. The van der Waals surface area contributed by atoms with E-state index in [4.69, 9.17) is 9.47 Å². The monoisotopic (exact) mass is 349 g/mol. The molecule has 2 aliphatic rings. The van der Waals surface area contributed by atoms with Gasteiger partial charge < -0.3 is 14.4 Å². The Kier molecular flexibility index (Phi) is 4.15. The minimum Gasteiger partial charge on any atom is -0.467 e. The zero-order chi connectivity index (χ0) is 16.5. The molecule has 1 saturated heterocycles. The molecule has 0 radical (unpaired) electrons. The number of rotatable bonds is 3. The van der Waals surface area contributed by atoms with E-state index in [1.807, 2.05) is 0 Å². The number of hydrogen-bond donors (Lipinski definition) is 0. The van der Waals surface area contributed by atoms with Crippen LogP contribution in [0.5, 0.6) is 5.88 Å². The number of hydrogen-bond acceptors (Lipinski definition) is 6. The molecule has 1 aliphatic carbocycles. The first kappa shape index (κ1) is 15.5. The van der Waals surface area contributed by atoms with Gasteiger partial charge in [-0.2, -0.15) is 0 Å². The van der Waals surface area contributed by atoms with E-state index in [0.29, 0.717) is 18.8 Å². The second-order valence-corrected chi connectivity index (χ2v) is 6.52. The molecule has 2 bridgehead atoms. The second kappa shape index (κ2) is 6.45. The standard InChI is InChI=1S/C16H16FN3O3S/c17-10-2-1-5-18-15(10)23-14-12-3-4-13(14)22-7-6-20(12)16(21)11-8-24-9-19-11/h1-2,5,8-9,12-14H,3-4,6-7H2. The maximum absolute atomic E-state index is 13.9. The van der Waals surface area contributed by atoms with Crippen LogP contribution in [0.15, 0.2) is 29.2 Å². The molecule has 3 unspecified atom stereocenters. The lowest BCUT2D eigenvalue weighted by atomic mass is 10.1. The number of amides is 1. The Morgan fingerprint density at radius 1 is 1.42 bits per heavy atom. The third-order valence-electron chi connectivity index (χ3n) is 4.44. The van der Waals surface area contributed by atoms with E-state index < -0.39 is 11.9 Å². The quantitative estimate of drug-likeness (QED) is 0.849. The summed E-state index contributed by atoms with van der Waals surface area (Å²) < 4.78 is 25.5. The maximum Gasteiger partial charge on any atom is 0.273 e. The Labute approximate surface area is 142 Å². The van der Waals surface area contributed by atoms with Crippen molar-refractivity contribution in [3.8, 4) is 5.88 Å². The zero-order valence-corrected chi connectivity index (χ0v) is 13.6. The van der Waals surface area contributed by atoms with Gasteiger partial charge in [-0.3, -0.25) is 4.79 Å². The lowest BCUT2D eigenvalue weighted by molar-refractivity contribution is 0.000303. The van der Waals surface area contributed by atoms with Crippen molar-refractivity contribution in [1.29, 1.82) is 0 Å². The number of halogens is 1. The van der Waals surface area contributed by atoms with Crippen molar-refractivity contribution in [1.82, 2.24) is 14.9 Å². The Balaban J connectivity index is 1.60. The van der Waals surface area contributed by atoms with Gasteiger partial charge in [0.15, 0.2) is 5.82 Å². The van der Waals surface area contributed by atoms with Gasteiger partial charge >= 0.3 is 0 Å². The summed E-state index contributed by atoms with van der Waals surface area (Å²) in [7, 11) is 0. The molecule has 3 heterocycles. The highest BCUT2D eigenvalue weighted by Gasteiger charge is 2.46. The van der Waals surface area contributed by atoms with Crippen LogP contribution < -0.4 is 4.74 Å². The van der Waals surface area contributed by atoms with Crippen LogP contribution in [0.2, 0.25) is 0 Å². The lowest BCUT2D eigenvalue weighted by Gasteiger charge is -2.30. The normalized spacial score (nSPS) is 26.2. The summed E-state index contributed by atoms with van der Waals surface area (Å²) in [4.78, 5) is 22.5. The van der Waals surface area contributed by atoms with E-state index in [1.165, 1.54) is 29.7 Å². The fourth-order valence-corrected chi connectivity index (χ4v) is 3.88. The van der Waals surface area contributed by atoms with Gasteiger partial charge in [-0.1, -0.05) is 0 Å². The Bertz CT molecular complexity index is 727.